The summed E-state index contributed by atoms with van der Waals surface area (Å²) < 4.78 is 5.34. The van der Waals surface area contributed by atoms with E-state index in [4.69, 9.17) is 4.74 Å². The predicted molar refractivity (Wildman–Crippen MR) is 45.9 cm³/mol. The first-order valence-corrected chi connectivity index (χ1v) is 4.77. The molecule has 0 saturated carbocycles. The molecule has 2 heterocycles. The van der Waals surface area contributed by atoms with Crippen LogP contribution in [-0.4, -0.2) is 38.0 Å². The molecule has 0 amide bonds. The molecule has 2 aliphatic rings. The van der Waals surface area contributed by atoms with E-state index in [2.05, 4.69) is 5.32 Å². The number of rotatable bonds is 1. The zero-order chi connectivity index (χ0) is 8.44. The Kier molecular flexibility index (Phi) is 2.35. The highest BCUT2D eigenvalue weighted by molar-refractivity contribution is 4.95. The molecule has 70 valence electrons. The van der Waals surface area contributed by atoms with Crippen LogP contribution in [0.3, 0.4) is 0 Å². The van der Waals surface area contributed by atoms with Gasteiger partial charge in [0.15, 0.2) is 0 Å². The molecule has 1 unspecified atom stereocenters. The average Bonchev–Trinajstić information content (AvgIpc) is 2.49. The Bertz CT molecular complexity index is 155. The third-order valence-corrected chi connectivity index (χ3v) is 3.44. The standard InChI is InChI=1S/C9H17NO2/c11-6-8-5-10-7-9(8)1-3-12-4-2-9/h8,10-11H,1-7H2. The molecule has 1 spiro atoms. The van der Waals surface area contributed by atoms with Crippen molar-refractivity contribution in [3.05, 3.63) is 0 Å². The first kappa shape index (κ1) is 8.48. The number of hydrogen-bond donors (Lipinski definition) is 2. The molecule has 0 bridgehead atoms. The lowest BCUT2D eigenvalue weighted by Crippen LogP contribution is -2.37. The van der Waals surface area contributed by atoms with E-state index in [9.17, 15) is 5.11 Å². The van der Waals surface area contributed by atoms with Crippen molar-refractivity contribution in [2.24, 2.45) is 11.3 Å². The molecule has 1 atom stereocenters. The van der Waals surface area contributed by atoms with Gasteiger partial charge in [-0.25, -0.2) is 0 Å². The molecule has 2 saturated heterocycles. The summed E-state index contributed by atoms with van der Waals surface area (Å²) in [5.41, 5.74) is 0.354. The molecule has 2 fully saturated rings. The SMILES string of the molecule is OCC1CNCC12CCOCC2. The molecule has 0 radical (unpaired) electrons. The third kappa shape index (κ3) is 1.26. The molecule has 2 N–H and O–H groups in total. The van der Waals surface area contributed by atoms with Gasteiger partial charge in [0, 0.05) is 38.8 Å². The van der Waals surface area contributed by atoms with Crippen molar-refractivity contribution in [2.45, 2.75) is 12.8 Å². The van der Waals surface area contributed by atoms with E-state index < -0.39 is 0 Å². The van der Waals surface area contributed by atoms with Gasteiger partial charge in [-0.3, -0.25) is 0 Å². The minimum absolute atomic E-state index is 0.326. The minimum Gasteiger partial charge on any atom is -0.396 e. The van der Waals surface area contributed by atoms with Gasteiger partial charge < -0.3 is 15.2 Å². The fourth-order valence-electron chi connectivity index (χ4n) is 2.48. The molecule has 0 aliphatic carbocycles. The second-order valence-corrected chi connectivity index (χ2v) is 3.99. The van der Waals surface area contributed by atoms with E-state index in [0.29, 0.717) is 17.9 Å². The van der Waals surface area contributed by atoms with Gasteiger partial charge in [0.25, 0.3) is 0 Å². The van der Waals surface area contributed by atoms with Crippen LogP contribution < -0.4 is 5.32 Å². The first-order valence-electron chi connectivity index (χ1n) is 4.77. The van der Waals surface area contributed by atoms with Gasteiger partial charge in [-0.05, 0) is 18.3 Å². The van der Waals surface area contributed by atoms with E-state index in [1.165, 1.54) is 0 Å². The van der Waals surface area contributed by atoms with Crippen molar-refractivity contribution in [2.75, 3.05) is 32.9 Å². The summed E-state index contributed by atoms with van der Waals surface area (Å²) in [4.78, 5) is 0. The first-order chi connectivity index (χ1) is 5.87. The van der Waals surface area contributed by atoms with Crippen LogP contribution in [0.15, 0.2) is 0 Å². The van der Waals surface area contributed by atoms with Gasteiger partial charge in [0.05, 0.1) is 0 Å². The maximum atomic E-state index is 9.20. The van der Waals surface area contributed by atoms with Gasteiger partial charge in [0.2, 0.25) is 0 Å². The largest absolute Gasteiger partial charge is 0.396 e. The summed E-state index contributed by atoms with van der Waals surface area (Å²) in [5, 5.41) is 12.6. The summed E-state index contributed by atoms with van der Waals surface area (Å²) in [6, 6.07) is 0. The molecule has 3 heteroatoms. The van der Waals surface area contributed by atoms with E-state index in [0.717, 1.165) is 39.1 Å². The van der Waals surface area contributed by atoms with Crippen LogP contribution in [0, 0.1) is 11.3 Å². The van der Waals surface area contributed by atoms with E-state index in [-0.39, 0.29) is 0 Å². The quantitative estimate of drug-likeness (QED) is 0.583. The van der Waals surface area contributed by atoms with Gasteiger partial charge in [-0.15, -0.1) is 0 Å². The third-order valence-electron chi connectivity index (χ3n) is 3.44. The molecule has 12 heavy (non-hydrogen) atoms. The zero-order valence-corrected chi connectivity index (χ0v) is 7.38. The number of hydrogen-bond acceptors (Lipinski definition) is 3. The summed E-state index contributed by atoms with van der Waals surface area (Å²) >= 11 is 0. The van der Waals surface area contributed by atoms with Crippen molar-refractivity contribution in [3.8, 4) is 0 Å². The summed E-state index contributed by atoms with van der Waals surface area (Å²) in [7, 11) is 0. The Labute approximate surface area is 73.1 Å². The monoisotopic (exact) mass is 171 g/mol. The van der Waals surface area contributed by atoms with Gasteiger partial charge >= 0.3 is 0 Å². The van der Waals surface area contributed by atoms with Crippen molar-refractivity contribution >= 4 is 0 Å². The minimum atomic E-state index is 0.326. The molecular formula is C9H17NO2. The van der Waals surface area contributed by atoms with Crippen molar-refractivity contribution in [1.82, 2.24) is 5.32 Å². The lowest BCUT2D eigenvalue weighted by molar-refractivity contribution is -0.00966. The normalized spacial score (nSPS) is 34.2. The molecule has 3 nitrogen and oxygen atoms in total. The Morgan fingerprint density at radius 1 is 1.42 bits per heavy atom. The fourth-order valence-corrected chi connectivity index (χ4v) is 2.48. The van der Waals surface area contributed by atoms with E-state index in [1.807, 2.05) is 0 Å². The molecular weight excluding hydrogens is 154 g/mol. The lowest BCUT2D eigenvalue weighted by atomic mass is 9.72. The summed E-state index contributed by atoms with van der Waals surface area (Å²) in [5.74, 6) is 0.460. The molecule has 0 aromatic carbocycles. The number of aliphatic hydroxyl groups excluding tert-OH is 1. The van der Waals surface area contributed by atoms with E-state index >= 15 is 0 Å². The summed E-state index contributed by atoms with van der Waals surface area (Å²) in [6.07, 6.45) is 2.23. The van der Waals surface area contributed by atoms with Crippen LogP contribution in [0.5, 0.6) is 0 Å². The van der Waals surface area contributed by atoms with Crippen LogP contribution in [0.1, 0.15) is 12.8 Å². The molecule has 2 aliphatic heterocycles. The maximum absolute atomic E-state index is 9.20. The Hall–Kier alpha value is -0.120. The van der Waals surface area contributed by atoms with Crippen molar-refractivity contribution < 1.29 is 9.84 Å². The zero-order valence-electron chi connectivity index (χ0n) is 7.38. The van der Waals surface area contributed by atoms with Gasteiger partial charge in [-0.1, -0.05) is 0 Å². The Morgan fingerprint density at radius 3 is 2.83 bits per heavy atom. The van der Waals surface area contributed by atoms with Gasteiger partial charge in [0.1, 0.15) is 0 Å². The highest BCUT2D eigenvalue weighted by Gasteiger charge is 2.43. The average molecular weight is 171 g/mol. The number of ether oxygens (including phenoxy) is 1. The maximum Gasteiger partial charge on any atom is 0.0477 e. The molecule has 0 aromatic heterocycles. The number of aliphatic hydroxyl groups is 1. The van der Waals surface area contributed by atoms with Crippen LogP contribution in [0.4, 0.5) is 0 Å². The molecule has 0 aromatic rings. The smallest absolute Gasteiger partial charge is 0.0477 e. The van der Waals surface area contributed by atoms with Crippen LogP contribution in [0.25, 0.3) is 0 Å². The Balaban J connectivity index is 2.05. The van der Waals surface area contributed by atoms with Crippen molar-refractivity contribution in [1.29, 1.82) is 0 Å². The van der Waals surface area contributed by atoms with Gasteiger partial charge in [-0.2, -0.15) is 0 Å². The number of nitrogens with one attached hydrogen (secondary N) is 1. The highest BCUT2D eigenvalue weighted by Crippen LogP contribution is 2.40. The second kappa shape index (κ2) is 3.32. The highest BCUT2D eigenvalue weighted by atomic mass is 16.5. The van der Waals surface area contributed by atoms with Crippen molar-refractivity contribution in [3.63, 3.8) is 0 Å². The predicted octanol–water partition coefficient (Wildman–Crippen LogP) is -0.00510. The topological polar surface area (TPSA) is 41.5 Å². The van der Waals surface area contributed by atoms with Crippen LogP contribution in [-0.2, 0) is 4.74 Å². The van der Waals surface area contributed by atoms with Crippen LogP contribution in [0.2, 0.25) is 0 Å². The fraction of sp³-hybridized carbons (Fsp3) is 1.00. The molecule has 2 rings (SSSR count). The van der Waals surface area contributed by atoms with Crippen LogP contribution >= 0.6 is 0 Å². The Morgan fingerprint density at radius 2 is 2.17 bits per heavy atom. The summed E-state index contributed by atoms with van der Waals surface area (Å²) in [6.45, 7) is 4.13. The second-order valence-electron chi connectivity index (χ2n) is 3.99. The lowest BCUT2D eigenvalue weighted by Gasteiger charge is -2.37. The van der Waals surface area contributed by atoms with E-state index in [1.54, 1.807) is 0 Å².